The molecule has 2 heterocycles. The molecular weight excluding hydrogens is 368 g/mol. The van der Waals surface area contributed by atoms with E-state index in [0.717, 1.165) is 38.9 Å². The van der Waals surface area contributed by atoms with Crippen LogP contribution in [0.4, 0.5) is 5.69 Å². The molecule has 0 amide bonds. The van der Waals surface area contributed by atoms with E-state index in [4.69, 9.17) is 11.0 Å². The zero-order valence-electron chi connectivity index (χ0n) is 18.0. The number of aryl methyl sites for hydroxylation is 3. The first-order chi connectivity index (χ1) is 14.6. The lowest BCUT2D eigenvalue weighted by Crippen LogP contribution is -2.30. The fourth-order valence-electron chi connectivity index (χ4n) is 5.34. The Kier molecular flexibility index (Phi) is 4.59. The van der Waals surface area contributed by atoms with Gasteiger partial charge in [0.25, 0.3) is 0 Å². The van der Waals surface area contributed by atoms with E-state index >= 15 is 0 Å². The van der Waals surface area contributed by atoms with Crippen molar-refractivity contribution < 1.29 is 8.98 Å². The van der Waals surface area contributed by atoms with Crippen molar-refractivity contribution in [1.29, 1.82) is 0 Å². The molecule has 0 spiro atoms. The minimum absolute atomic E-state index is 0.481. The van der Waals surface area contributed by atoms with Crippen molar-refractivity contribution in [2.24, 2.45) is 7.05 Å². The summed E-state index contributed by atoms with van der Waals surface area (Å²) < 4.78 is 8.71. The molecule has 30 heavy (non-hydrogen) atoms. The van der Waals surface area contributed by atoms with Crippen LogP contribution in [-0.4, -0.2) is 0 Å². The number of aromatic nitrogens is 1. The second-order valence-corrected chi connectivity index (χ2v) is 8.72. The van der Waals surface area contributed by atoms with Crippen molar-refractivity contribution in [3.05, 3.63) is 70.7 Å². The van der Waals surface area contributed by atoms with Gasteiger partial charge in [-0.1, -0.05) is 37.5 Å². The first-order valence-electron chi connectivity index (χ1n) is 10.9. The molecule has 1 fully saturated rings. The highest BCUT2D eigenvalue weighted by atomic mass is 16.3. The van der Waals surface area contributed by atoms with Crippen LogP contribution >= 0.6 is 0 Å². The summed E-state index contributed by atoms with van der Waals surface area (Å²) in [5.41, 5.74) is 8.18. The van der Waals surface area contributed by atoms with Crippen molar-refractivity contribution >= 4 is 27.6 Å². The smallest absolute Gasteiger partial charge is 0.232 e. The standard InChI is InChI=1S/C27H27N2O/c1-17-16-18(2)24(22-12-8-9-15-29(22)4)27-23(17)21-14-13-20(19-10-6-5-7-11-19)25(28-3)26(21)30-27/h8-9,12-16,19H,5-7,10-11H2,1-2,4H3/q+1. The van der Waals surface area contributed by atoms with Crippen LogP contribution < -0.4 is 4.57 Å². The quantitative estimate of drug-likeness (QED) is 0.258. The topological polar surface area (TPSA) is 21.4 Å². The monoisotopic (exact) mass is 395 g/mol. The molecule has 0 radical (unpaired) electrons. The van der Waals surface area contributed by atoms with Crippen LogP contribution in [0.15, 0.2) is 47.0 Å². The van der Waals surface area contributed by atoms with E-state index in [1.807, 2.05) is 6.07 Å². The molecular formula is C27H27N2O+. The van der Waals surface area contributed by atoms with Crippen molar-refractivity contribution in [1.82, 2.24) is 0 Å². The molecule has 3 heteroatoms. The van der Waals surface area contributed by atoms with E-state index in [1.165, 1.54) is 48.8 Å². The van der Waals surface area contributed by atoms with Gasteiger partial charge in [0.1, 0.15) is 18.2 Å². The van der Waals surface area contributed by atoms with Crippen LogP contribution in [0.3, 0.4) is 0 Å². The number of furan rings is 1. The predicted octanol–water partition coefficient (Wildman–Crippen LogP) is 7.29. The number of benzene rings is 2. The summed E-state index contributed by atoms with van der Waals surface area (Å²) in [6.45, 7) is 12.3. The van der Waals surface area contributed by atoms with E-state index < -0.39 is 0 Å². The maximum Gasteiger partial charge on any atom is 0.232 e. The Labute approximate surface area is 177 Å². The Bertz CT molecular complexity index is 1320. The summed E-state index contributed by atoms with van der Waals surface area (Å²) in [6.07, 6.45) is 8.25. The van der Waals surface area contributed by atoms with Crippen LogP contribution in [0, 0.1) is 20.4 Å². The van der Waals surface area contributed by atoms with Crippen molar-refractivity contribution in [2.45, 2.75) is 51.9 Å². The average molecular weight is 396 g/mol. The molecule has 150 valence electrons. The lowest BCUT2D eigenvalue weighted by atomic mass is 9.83. The number of fused-ring (bicyclic) bond motifs is 3. The summed E-state index contributed by atoms with van der Waals surface area (Å²) in [7, 11) is 2.06. The van der Waals surface area contributed by atoms with E-state index in [9.17, 15) is 0 Å². The minimum atomic E-state index is 0.481. The maximum atomic E-state index is 7.97. The predicted molar refractivity (Wildman–Crippen MR) is 122 cm³/mol. The Hall–Kier alpha value is -3.12. The number of hydrogen-bond acceptors (Lipinski definition) is 1. The molecule has 1 aliphatic carbocycles. The number of rotatable bonds is 2. The van der Waals surface area contributed by atoms with Gasteiger partial charge in [0.15, 0.2) is 6.20 Å². The van der Waals surface area contributed by atoms with Crippen LogP contribution in [0.1, 0.15) is 54.7 Å². The zero-order chi connectivity index (χ0) is 20.8. The summed E-state index contributed by atoms with van der Waals surface area (Å²) in [5, 5.41) is 2.20. The summed E-state index contributed by atoms with van der Waals surface area (Å²) >= 11 is 0. The van der Waals surface area contributed by atoms with Gasteiger partial charge in [0.2, 0.25) is 11.4 Å². The molecule has 4 aromatic rings. The van der Waals surface area contributed by atoms with Crippen molar-refractivity contribution in [3.8, 4) is 11.3 Å². The van der Waals surface area contributed by atoms with Crippen molar-refractivity contribution in [3.63, 3.8) is 0 Å². The molecule has 0 unspecified atom stereocenters. The zero-order valence-corrected chi connectivity index (χ0v) is 18.0. The molecule has 0 bridgehead atoms. The Balaban J connectivity index is 1.85. The Morgan fingerprint density at radius 2 is 1.80 bits per heavy atom. The number of nitrogens with zero attached hydrogens (tertiary/aromatic N) is 2. The second-order valence-electron chi connectivity index (χ2n) is 8.72. The highest BCUT2D eigenvalue weighted by Gasteiger charge is 2.26. The van der Waals surface area contributed by atoms with Gasteiger partial charge in [0, 0.05) is 22.9 Å². The van der Waals surface area contributed by atoms with Gasteiger partial charge in [-0.3, -0.25) is 0 Å². The minimum Gasteiger partial charge on any atom is -0.466 e. The summed E-state index contributed by atoms with van der Waals surface area (Å²) in [4.78, 5) is 3.99. The fraction of sp³-hybridized carbons (Fsp3) is 0.333. The first-order valence-corrected chi connectivity index (χ1v) is 10.9. The van der Waals surface area contributed by atoms with E-state index in [1.54, 1.807) is 0 Å². The third kappa shape index (κ3) is 2.82. The molecule has 0 saturated heterocycles. The molecule has 0 aliphatic heterocycles. The molecule has 3 nitrogen and oxygen atoms in total. The molecule has 0 atom stereocenters. The second kappa shape index (κ2) is 7.29. The molecule has 2 aromatic carbocycles. The van der Waals surface area contributed by atoms with Crippen LogP contribution in [-0.2, 0) is 7.05 Å². The van der Waals surface area contributed by atoms with Gasteiger partial charge >= 0.3 is 0 Å². The Morgan fingerprint density at radius 1 is 1.00 bits per heavy atom. The van der Waals surface area contributed by atoms with Gasteiger partial charge in [-0.25, -0.2) is 9.41 Å². The molecule has 1 aliphatic rings. The van der Waals surface area contributed by atoms with Crippen molar-refractivity contribution in [2.75, 3.05) is 0 Å². The van der Waals surface area contributed by atoms with Crippen LogP contribution in [0.2, 0.25) is 0 Å². The summed E-state index contributed by atoms with van der Waals surface area (Å²) in [6, 6.07) is 12.9. The normalized spacial score (nSPS) is 15.0. The van der Waals surface area contributed by atoms with Crippen LogP contribution in [0.25, 0.3) is 38.0 Å². The average Bonchev–Trinajstić information content (AvgIpc) is 3.14. The van der Waals surface area contributed by atoms with Gasteiger partial charge in [-0.05, 0) is 55.4 Å². The Morgan fingerprint density at radius 3 is 2.53 bits per heavy atom. The highest BCUT2D eigenvalue weighted by Crippen LogP contribution is 2.46. The van der Waals surface area contributed by atoms with Gasteiger partial charge in [-0.15, -0.1) is 0 Å². The van der Waals surface area contributed by atoms with E-state index in [2.05, 4.69) is 66.8 Å². The molecule has 0 N–H and O–H groups in total. The number of hydrogen-bond donors (Lipinski definition) is 0. The molecule has 2 aromatic heterocycles. The largest absolute Gasteiger partial charge is 0.466 e. The highest BCUT2D eigenvalue weighted by molar-refractivity contribution is 6.14. The van der Waals surface area contributed by atoms with Crippen LogP contribution in [0.5, 0.6) is 0 Å². The van der Waals surface area contributed by atoms with E-state index in [0.29, 0.717) is 5.92 Å². The fourth-order valence-corrected chi connectivity index (χ4v) is 5.34. The number of pyridine rings is 1. The SMILES string of the molecule is [C-]#[N+]c1c(C2CCCCC2)ccc2c1oc1c(-c3cccc[n+]3C)c(C)cc(C)c12. The first kappa shape index (κ1) is 18.9. The molecule has 1 saturated carbocycles. The molecule has 5 rings (SSSR count). The van der Waals surface area contributed by atoms with Gasteiger partial charge < -0.3 is 4.42 Å². The van der Waals surface area contributed by atoms with Gasteiger partial charge in [0.05, 0.1) is 12.1 Å². The lowest BCUT2D eigenvalue weighted by molar-refractivity contribution is -0.660. The lowest BCUT2D eigenvalue weighted by Gasteiger charge is -2.23. The van der Waals surface area contributed by atoms with E-state index in [-0.39, 0.29) is 0 Å². The summed E-state index contributed by atoms with van der Waals surface area (Å²) in [5.74, 6) is 0.481. The third-order valence-electron chi connectivity index (χ3n) is 6.78. The maximum absolute atomic E-state index is 7.97. The van der Waals surface area contributed by atoms with Gasteiger partial charge in [-0.2, -0.15) is 0 Å². The third-order valence-corrected chi connectivity index (χ3v) is 6.78.